The van der Waals surface area contributed by atoms with Crippen LogP contribution in [-0.4, -0.2) is 10.4 Å². The molecule has 1 aliphatic heterocycles. The molecule has 1 aromatic heterocycles. The predicted molar refractivity (Wildman–Crippen MR) is 216 cm³/mol. The molecule has 0 amide bonds. The number of rotatable bonds is 10. The Morgan fingerprint density at radius 1 is 0.745 bits per heavy atom. The van der Waals surface area contributed by atoms with Crippen LogP contribution in [0.15, 0.2) is 206 Å². The molecule has 0 bridgehead atoms. The fourth-order valence-corrected chi connectivity index (χ4v) is 6.40. The van der Waals surface area contributed by atoms with Crippen molar-refractivity contribution in [3.8, 4) is 0 Å². The quantitative estimate of drug-likeness (QED) is 0.116. The van der Waals surface area contributed by atoms with Gasteiger partial charge in [-0.3, -0.25) is 0 Å². The van der Waals surface area contributed by atoms with Gasteiger partial charge in [-0.2, -0.15) is 0 Å². The van der Waals surface area contributed by atoms with Crippen LogP contribution in [0.2, 0.25) is 0 Å². The number of nitrogens with one attached hydrogen (secondary N) is 1. The molecule has 6 aromatic rings. The Hall–Kier alpha value is -6.96. The summed E-state index contributed by atoms with van der Waals surface area (Å²) in [5.74, 6) is 0.700. The van der Waals surface area contributed by atoms with Crippen molar-refractivity contribution in [2.24, 2.45) is 4.99 Å². The lowest BCUT2D eigenvalue weighted by molar-refractivity contribution is 0.781. The Kier molecular flexibility index (Phi) is 9.63. The molecule has 1 unspecified atom stereocenters. The fourth-order valence-electron chi connectivity index (χ4n) is 6.40. The molecule has 7 rings (SSSR count). The molecule has 0 spiro atoms. The zero-order valence-corrected chi connectivity index (χ0v) is 28.2. The van der Waals surface area contributed by atoms with Gasteiger partial charge in [0.1, 0.15) is 5.84 Å². The minimum absolute atomic E-state index is 0.0946. The second kappa shape index (κ2) is 15.1. The highest BCUT2D eigenvalue weighted by atomic mass is 15.1. The summed E-state index contributed by atoms with van der Waals surface area (Å²) in [6.45, 7) is 16.1. The van der Waals surface area contributed by atoms with Crippen LogP contribution < -0.4 is 5.32 Å². The van der Waals surface area contributed by atoms with Crippen LogP contribution in [0.3, 0.4) is 0 Å². The van der Waals surface area contributed by atoms with Crippen LogP contribution in [0.25, 0.3) is 43.6 Å². The van der Waals surface area contributed by atoms with Crippen LogP contribution >= 0.6 is 0 Å². The first kappa shape index (κ1) is 32.6. The normalized spacial score (nSPS) is 15.1. The van der Waals surface area contributed by atoms with Crippen LogP contribution in [0, 0.1) is 6.57 Å². The SMILES string of the molecule is [C-]#[N+]c1ccc2c(c1)c1ccccc1n2C(=C\C=C\C=C/C=C)/C(=C\C(=C)C1=NC(c2ccccc2)=CC(c2ccccc2)N1)c1ccccc1. The second-order valence-electron chi connectivity index (χ2n) is 12.1. The van der Waals surface area contributed by atoms with E-state index in [-0.39, 0.29) is 6.04 Å². The lowest BCUT2D eigenvalue weighted by Crippen LogP contribution is -2.31. The largest absolute Gasteiger partial charge is 0.359 e. The summed E-state index contributed by atoms with van der Waals surface area (Å²) in [5.41, 5.74) is 9.40. The molecule has 2 heterocycles. The lowest BCUT2D eigenvalue weighted by Gasteiger charge is -2.25. The number of nitrogens with zero attached hydrogens (tertiary/aromatic N) is 3. The van der Waals surface area contributed by atoms with Crippen molar-refractivity contribution in [2.45, 2.75) is 6.04 Å². The summed E-state index contributed by atoms with van der Waals surface area (Å²) in [6, 6.07) is 45.2. The number of hydrogen-bond donors (Lipinski definition) is 1. The molecule has 0 saturated heterocycles. The molecule has 244 valence electrons. The molecule has 0 radical (unpaired) electrons. The molecule has 0 aliphatic carbocycles. The maximum Gasteiger partial charge on any atom is 0.188 e. The van der Waals surface area contributed by atoms with E-state index in [4.69, 9.17) is 11.6 Å². The van der Waals surface area contributed by atoms with Crippen molar-refractivity contribution < 1.29 is 0 Å². The van der Waals surface area contributed by atoms with E-state index in [2.05, 4.69) is 125 Å². The van der Waals surface area contributed by atoms with E-state index >= 15 is 0 Å². The van der Waals surface area contributed by atoms with Crippen molar-refractivity contribution in [3.63, 3.8) is 0 Å². The van der Waals surface area contributed by atoms with E-state index < -0.39 is 0 Å². The van der Waals surface area contributed by atoms with Crippen molar-refractivity contribution >= 4 is 50.3 Å². The molecule has 0 saturated carbocycles. The molecule has 1 N–H and O–H groups in total. The van der Waals surface area contributed by atoms with Gasteiger partial charge >= 0.3 is 0 Å². The van der Waals surface area contributed by atoms with E-state index in [1.807, 2.05) is 78.9 Å². The number of amidine groups is 1. The minimum Gasteiger partial charge on any atom is -0.359 e. The fraction of sp³-hybridized carbons (Fsp3) is 0.0213. The number of aromatic nitrogens is 1. The summed E-state index contributed by atoms with van der Waals surface area (Å²) in [6.07, 6.45) is 16.1. The molecule has 5 aromatic carbocycles. The van der Waals surface area contributed by atoms with E-state index in [9.17, 15) is 0 Å². The molecular weight excluding hydrogens is 621 g/mol. The summed E-state index contributed by atoms with van der Waals surface area (Å²) in [7, 11) is 0. The maximum atomic E-state index is 7.70. The zero-order chi connectivity index (χ0) is 35.0. The first-order chi connectivity index (χ1) is 25.1. The highest BCUT2D eigenvalue weighted by Crippen LogP contribution is 2.39. The van der Waals surface area contributed by atoms with Gasteiger partial charge in [-0.15, -0.1) is 0 Å². The van der Waals surface area contributed by atoms with Crippen molar-refractivity contribution in [3.05, 3.63) is 229 Å². The lowest BCUT2D eigenvalue weighted by atomic mass is 9.97. The van der Waals surface area contributed by atoms with Crippen LogP contribution in [0.4, 0.5) is 5.69 Å². The van der Waals surface area contributed by atoms with Gasteiger partial charge in [0.25, 0.3) is 0 Å². The first-order valence-corrected chi connectivity index (χ1v) is 16.9. The van der Waals surface area contributed by atoms with Gasteiger partial charge in [-0.1, -0.05) is 159 Å². The molecule has 51 heavy (non-hydrogen) atoms. The number of allylic oxidation sites excluding steroid dienone is 8. The second-order valence-corrected chi connectivity index (χ2v) is 12.1. The maximum absolute atomic E-state index is 7.70. The Morgan fingerprint density at radius 2 is 1.41 bits per heavy atom. The monoisotopic (exact) mass is 656 g/mol. The zero-order valence-electron chi connectivity index (χ0n) is 28.2. The third-order valence-corrected chi connectivity index (χ3v) is 8.81. The first-order valence-electron chi connectivity index (χ1n) is 16.9. The number of fused-ring (bicyclic) bond motifs is 3. The average Bonchev–Trinajstić information content (AvgIpc) is 3.52. The molecule has 4 nitrogen and oxygen atoms in total. The van der Waals surface area contributed by atoms with E-state index in [1.54, 1.807) is 6.08 Å². The van der Waals surface area contributed by atoms with Gasteiger partial charge in [0.15, 0.2) is 5.69 Å². The topological polar surface area (TPSA) is 33.7 Å². The highest BCUT2D eigenvalue weighted by Gasteiger charge is 2.22. The van der Waals surface area contributed by atoms with Gasteiger partial charge in [-0.25, -0.2) is 9.84 Å². The van der Waals surface area contributed by atoms with Gasteiger partial charge in [0.2, 0.25) is 0 Å². The Balaban J connectivity index is 1.44. The van der Waals surface area contributed by atoms with Crippen molar-refractivity contribution in [1.29, 1.82) is 0 Å². The Labute approximate surface area is 299 Å². The molecule has 0 fully saturated rings. The van der Waals surface area contributed by atoms with E-state index in [1.165, 1.54) is 0 Å². The highest BCUT2D eigenvalue weighted by molar-refractivity contribution is 6.16. The number of para-hydroxylation sites is 1. The predicted octanol–water partition coefficient (Wildman–Crippen LogP) is 11.9. The third-order valence-electron chi connectivity index (χ3n) is 8.81. The van der Waals surface area contributed by atoms with E-state index in [0.717, 1.165) is 61.0 Å². The van der Waals surface area contributed by atoms with Gasteiger partial charge in [0.05, 0.1) is 35.0 Å². The Morgan fingerprint density at radius 3 is 2.16 bits per heavy atom. The standard InChI is InChI=1S/C47H36N4/c1-4-5-6-7-17-27-45(51-44-28-19-18-26-39(44)41-32-38(48-3)29-30-46(41)51)40(35-20-11-8-12-21-35)31-34(2)47-49-42(36-22-13-9-14-23-36)33-43(50-47)37-24-15-10-16-25-37/h4-33,42H,1-2H2,(H,49,50)/b6-5-,17-7+,40-31-,45-27-. The summed E-state index contributed by atoms with van der Waals surface area (Å²) in [5, 5.41) is 5.78. The van der Waals surface area contributed by atoms with Crippen LogP contribution in [0.5, 0.6) is 0 Å². The van der Waals surface area contributed by atoms with Crippen molar-refractivity contribution in [2.75, 3.05) is 0 Å². The minimum atomic E-state index is -0.0946. The molecule has 4 heteroatoms. The Bertz CT molecular complexity index is 2460. The summed E-state index contributed by atoms with van der Waals surface area (Å²) in [4.78, 5) is 8.89. The van der Waals surface area contributed by atoms with Gasteiger partial charge < -0.3 is 9.88 Å². The summed E-state index contributed by atoms with van der Waals surface area (Å²) >= 11 is 0. The molecule has 1 atom stereocenters. The number of benzene rings is 5. The average molecular weight is 657 g/mol. The van der Waals surface area contributed by atoms with E-state index in [0.29, 0.717) is 11.5 Å². The smallest absolute Gasteiger partial charge is 0.188 e. The van der Waals surface area contributed by atoms with Crippen LogP contribution in [-0.2, 0) is 0 Å². The van der Waals surface area contributed by atoms with Crippen molar-refractivity contribution in [1.82, 2.24) is 9.88 Å². The summed E-state index contributed by atoms with van der Waals surface area (Å²) < 4.78 is 2.28. The molecular formula is C47H36N4. The van der Waals surface area contributed by atoms with Gasteiger partial charge in [-0.05, 0) is 58.5 Å². The van der Waals surface area contributed by atoms with Crippen LogP contribution in [0.1, 0.15) is 22.7 Å². The van der Waals surface area contributed by atoms with Gasteiger partial charge in [0, 0.05) is 16.5 Å². The molecule has 1 aliphatic rings. The number of aliphatic imine (C=N–C) groups is 1. The number of hydrogen-bond acceptors (Lipinski definition) is 2. The third kappa shape index (κ3) is 6.96.